The van der Waals surface area contributed by atoms with E-state index in [2.05, 4.69) is 0 Å². The molecule has 1 aliphatic carbocycles. The van der Waals surface area contributed by atoms with E-state index in [4.69, 9.17) is 0 Å². The fraction of sp³-hybridized carbons (Fsp3) is 0.857. The maximum absolute atomic E-state index is 11.1. The van der Waals surface area contributed by atoms with Crippen molar-refractivity contribution < 1.29 is 9.82 Å². The zero-order valence-corrected chi connectivity index (χ0v) is 6.66. The second kappa shape index (κ2) is 2.32. The molecule has 0 aromatic rings. The minimum atomic E-state index is -0.377. The average Bonchev–Trinajstić information content (AvgIpc) is 2.43. The van der Waals surface area contributed by atoms with E-state index in [1.54, 1.807) is 6.82 Å². The highest BCUT2D eigenvalue weighted by Crippen LogP contribution is 2.34. The van der Waals surface area contributed by atoms with Crippen molar-refractivity contribution >= 4 is 12.8 Å². The molecule has 60 valence electrons. The fourth-order valence-corrected chi connectivity index (χ4v) is 2.23. The van der Waals surface area contributed by atoms with Crippen LogP contribution in [-0.2, 0) is 4.79 Å². The van der Waals surface area contributed by atoms with Crippen molar-refractivity contribution in [2.75, 3.05) is 6.54 Å². The van der Waals surface area contributed by atoms with E-state index in [1.165, 1.54) is 0 Å². The minimum absolute atomic E-state index is 0.231. The van der Waals surface area contributed by atoms with Gasteiger partial charge in [-0.3, -0.25) is 4.79 Å². The van der Waals surface area contributed by atoms with E-state index in [-0.39, 0.29) is 13.0 Å². The summed E-state index contributed by atoms with van der Waals surface area (Å²) in [7, 11) is -0.377. The minimum Gasteiger partial charge on any atom is -0.437 e. The molecule has 4 heteroatoms. The molecular weight excluding hydrogens is 141 g/mol. The highest BCUT2D eigenvalue weighted by Gasteiger charge is 2.45. The van der Waals surface area contributed by atoms with Crippen LogP contribution in [0.15, 0.2) is 0 Å². The predicted octanol–water partition coefficient (Wildman–Crippen LogP) is -0.240. The summed E-state index contributed by atoms with van der Waals surface area (Å²) in [4.78, 5) is 13.1. The summed E-state index contributed by atoms with van der Waals surface area (Å²) in [6.45, 7) is 2.55. The Morgan fingerprint density at radius 2 is 2.45 bits per heavy atom. The Bertz CT molecular complexity index is 195. The topological polar surface area (TPSA) is 40.5 Å². The molecular formula is C7H12BNO2. The van der Waals surface area contributed by atoms with Crippen molar-refractivity contribution in [1.82, 2.24) is 4.81 Å². The van der Waals surface area contributed by atoms with Gasteiger partial charge < -0.3 is 9.83 Å². The van der Waals surface area contributed by atoms with Crippen molar-refractivity contribution in [1.29, 1.82) is 0 Å². The number of fused-ring (bicyclic) bond motifs is 2. The third-order valence-electron chi connectivity index (χ3n) is 2.83. The summed E-state index contributed by atoms with van der Waals surface area (Å²) in [5.74, 6) is 0.626. The molecule has 2 fully saturated rings. The molecule has 2 atom stereocenters. The first-order valence-corrected chi connectivity index (χ1v) is 4.15. The monoisotopic (exact) mass is 153 g/mol. The van der Waals surface area contributed by atoms with Crippen molar-refractivity contribution in [3.63, 3.8) is 0 Å². The molecule has 1 aliphatic heterocycles. The van der Waals surface area contributed by atoms with Gasteiger partial charge in [-0.05, 0) is 19.8 Å². The molecule has 1 saturated carbocycles. The number of ketones is 1. The van der Waals surface area contributed by atoms with Crippen LogP contribution in [0.5, 0.6) is 0 Å². The molecule has 3 nitrogen and oxygen atoms in total. The van der Waals surface area contributed by atoms with Crippen LogP contribution < -0.4 is 0 Å². The van der Waals surface area contributed by atoms with Gasteiger partial charge in [0.25, 0.3) is 0 Å². The van der Waals surface area contributed by atoms with Gasteiger partial charge in [0.1, 0.15) is 5.78 Å². The number of hydrogen-bond donors (Lipinski definition) is 1. The highest BCUT2D eigenvalue weighted by atomic mass is 16.2. The summed E-state index contributed by atoms with van der Waals surface area (Å²) in [6.07, 6.45) is 1.64. The number of carbonyl (C=O) groups excluding carboxylic acids is 1. The van der Waals surface area contributed by atoms with Gasteiger partial charge >= 0.3 is 7.05 Å². The van der Waals surface area contributed by atoms with Crippen LogP contribution in [-0.4, -0.2) is 35.3 Å². The number of hydrogen-bond acceptors (Lipinski definition) is 3. The highest BCUT2D eigenvalue weighted by molar-refractivity contribution is 6.45. The molecule has 0 aromatic carbocycles. The van der Waals surface area contributed by atoms with E-state index in [9.17, 15) is 9.82 Å². The quantitative estimate of drug-likeness (QED) is 0.528. The Morgan fingerprint density at radius 3 is 2.82 bits per heavy atom. The molecule has 2 aliphatic rings. The summed E-state index contributed by atoms with van der Waals surface area (Å²) >= 11 is 0. The van der Waals surface area contributed by atoms with Gasteiger partial charge in [0, 0.05) is 18.4 Å². The molecule has 2 bridgehead atoms. The van der Waals surface area contributed by atoms with Crippen molar-refractivity contribution in [2.24, 2.45) is 5.92 Å². The average molecular weight is 153 g/mol. The van der Waals surface area contributed by atoms with Crippen LogP contribution >= 0.6 is 0 Å². The van der Waals surface area contributed by atoms with Crippen LogP contribution in [0.1, 0.15) is 12.8 Å². The lowest BCUT2D eigenvalue weighted by molar-refractivity contribution is -0.122. The second-order valence-electron chi connectivity index (χ2n) is 3.59. The normalized spacial score (nSPS) is 36.7. The fourth-order valence-electron chi connectivity index (χ4n) is 2.23. The van der Waals surface area contributed by atoms with Gasteiger partial charge in [-0.1, -0.05) is 0 Å². The molecule has 1 heterocycles. The SMILES string of the molecule is CB(O)N1CC2CC1CC2=O. The standard InChI is InChI=1S/C7H12BNO2/c1-8(11)9-4-5-2-6(9)3-7(5)10/h5-6,11H,2-4H2,1H3. The first-order chi connectivity index (χ1) is 5.18. The predicted molar refractivity (Wildman–Crippen MR) is 42.1 cm³/mol. The zero-order chi connectivity index (χ0) is 8.01. The smallest absolute Gasteiger partial charge is 0.376 e. The van der Waals surface area contributed by atoms with Crippen molar-refractivity contribution in [2.45, 2.75) is 25.7 Å². The second-order valence-corrected chi connectivity index (χ2v) is 3.59. The lowest BCUT2D eigenvalue weighted by Gasteiger charge is -2.26. The number of rotatable bonds is 1. The van der Waals surface area contributed by atoms with Gasteiger partial charge in [-0.2, -0.15) is 0 Å². The van der Waals surface area contributed by atoms with Crippen LogP contribution in [0, 0.1) is 5.92 Å². The Morgan fingerprint density at radius 1 is 1.73 bits per heavy atom. The first-order valence-electron chi connectivity index (χ1n) is 4.15. The molecule has 0 aromatic heterocycles. The molecule has 1 saturated heterocycles. The molecule has 0 spiro atoms. The Kier molecular flexibility index (Phi) is 1.54. The van der Waals surface area contributed by atoms with Gasteiger partial charge in [0.15, 0.2) is 0 Å². The molecule has 2 unspecified atom stereocenters. The number of carbonyl (C=O) groups is 1. The molecule has 1 N–H and O–H groups in total. The number of nitrogens with zero attached hydrogens (tertiary/aromatic N) is 1. The Balaban J connectivity index is 2.08. The summed E-state index contributed by atoms with van der Waals surface area (Å²) in [6, 6.07) is 0.340. The van der Waals surface area contributed by atoms with Crippen molar-refractivity contribution in [3.8, 4) is 0 Å². The summed E-state index contributed by atoms with van der Waals surface area (Å²) in [5.41, 5.74) is 0. The summed E-state index contributed by atoms with van der Waals surface area (Å²) < 4.78 is 0. The van der Waals surface area contributed by atoms with Crippen LogP contribution in [0.4, 0.5) is 0 Å². The Hall–Kier alpha value is -0.345. The largest absolute Gasteiger partial charge is 0.437 e. The number of Topliss-reactive ketones (excluding diaryl/α,β-unsaturated/α-hetero) is 1. The van der Waals surface area contributed by atoms with E-state index >= 15 is 0 Å². The van der Waals surface area contributed by atoms with E-state index in [0.29, 0.717) is 18.2 Å². The maximum Gasteiger partial charge on any atom is 0.376 e. The Labute approximate surface area is 66.5 Å². The number of piperidine rings is 1. The van der Waals surface area contributed by atoms with Crippen LogP contribution in [0.25, 0.3) is 0 Å². The van der Waals surface area contributed by atoms with Crippen LogP contribution in [0.2, 0.25) is 6.82 Å². The van der Waals surface area contributed by atoms with E-state index in [0.717, 1.165) is 13.0 Å². The molecule has 0 amide bonds. The summed E-state index contributed by atoms with van der Waals surface area (Å²) in [5, 5.41) is 9.28. The third-order valence-corrected chi connectivity index (χ3v) is 2.83. The zero-order valence-electron chi connectivity index (χ0n) is 6.66. The molecule has 0 radical (unpaired) electrons. The lowest BCUT2D eigenvalue weighted by atomic mass is 9.82. The van der Waals surface area contributed by atoms with E-state index < -0.39 is 0 Å². The molecule has 2 rings (SSSR count). The third kappa shape index (κ3) is 1.01. The molecule has 11 heavy (non-hydrogen) atoms. The van der Waals surface area contributed by atoms with Gasteiger partial charge in [0.2, 0.25) is 0 Å². The van der Waals surface area contributed by atoms with Gasteiger partial charge in [-0.25, -0.2) is 0 Å². The van der Waals surface area contributed by atoms with Crippen molar-refractivity contribution in [3.05, 3.63) is 0 Å². The van der Waals surface area contributed by atoms with E-state index in [1.807, 2.05) is 4.81 Å². The first kappa shape index (κ1) is 7.31. The maximum atomic E-state index is 11.1. The van der Waals surface area contributed by atoms with Crippen LogP contribution in [0.3, 0.4) is 0 Å². The lowest BCUT2D eigenvalue weighted by Crippen LogP contribution is -2.44. The van der Waals surface area contributed by atoms with Gasteiger partial charge in [-0.15, -0.1) is 0 Å². The van der Waals surface area contributed by atoms with Gasteiger partial charge in [0.05, 0.1) is 0 Å².